The van der Waals surface area contributed by atoms with Gasteiger partial charge in [-0.15, -0.1) is 0 Å². The zero-order valence-corrected chi connectivity index (χ0v) is 29.3. The Hall–Kier alpha value is -6.44. The molecule has 0 atom stereocenters. The molecule has 246 valence electrons. The first-order valence-electron chi connectivity index (χ1n) is 18.2. The van der Waals surface area contributed by atoms with Crippen molar-refractivity contribution in [1.29, 1.82) is 0 Å². The number of nitrogens with zero attached hydrogens (tertiary/aromatic N) is 1. The van der Waals surface area contributed by atoms with Crippen LogP contribution in [0.5, 0.6) is 0 Å². The van der Waals surface area contributed by atoms with E-state index in [4.69, 9.17) is 0 Å². The highest BCUT2D eigenvalue weighted by Gasteiger charge is 2.37. The maximum Gasteiger partial charge on any atom is 0.0543 e. The van der Waals surface area contributed by atoms with Crippen LogP contribution in [-0.2, 0) is 5.41 Å². The van der Waals surface area contributed by atoms with Crippen LogP contribution in [0, 0.1) is 0 Å². The van der Waals surface area contributed by atoms with Crippen molar-refractivity contribution in [2.75, 3.05) is 4.90 Å². The van der Waals surface area contributed by atoms with E-state index in [2.05, 4.69) is 207 Å². The molecule has 0 radical (unpaired) electrons. The summed E-state index contributed by atoms with van der Waals surface area (Å²) in [5, 5.41) is 7.67. The number of rotatable bonds is 5. The molecule has 0 unspecified atom stereocenters. The van der Waals surface area contributed by atoms with E-state index in [1.807, 2.05) is 0 Å². The predicted octanol–water partition coefficient (Wildman–Crippen LogP) is 14.3. The predicted molar refractivity (Wildman–Crippen MR) is 222 cm³/mol. The van der Waals surface area contributed by atoms with Gasteiger partial charge in [0.05, 0.1) is 11.4 Å². The summed E-state index contributed by atoms with van der Waals surface area (Å²) in [5.41, 5.74) is 13.6. The number of fused-ring (bicyclic) bond motifs is 8. The number of anilines is 3. The van der Waals surface area contributed by atoms with E-state index in [0.29, 0.717) is 0 Å². The lowest BCUT2D eigenvalue weighted by Crippen LogP contribution is -2.16. The highest BCUT2D eigenvalue weighted by atomic mass is 15.1. The summed E-state index contributed by atoms with van der Waals surface area (Å²) in [6.45, 7) is 4.71. The Morgan fingerprint density at radius 1 is 0.385 bits per heavy atom. The summed E-state index contributed by atoms with van der Waals surface area (Å²) in [4.78, 5) is 2.48. The number of hydrogen-bond acceptors (Lipinski definition) is 1. The largest absolute Gasteiger partial charge is 0.309 e. The summed E-state index contributed by atoms with van der Waals surface area (Å²) in [6.07, 6.45) is 0. The third-order valence-corrected chi connectivity index (χ3v) is 11.2. The SMILES string of the molecule is CC1(C)c2ccccc2-c2c(N(c3ccc(-c4cc5ccccc5c5ccc6ccccc6c45)cc3)c3ccccc3-c3ccccc3)cccc21. The molecule has 1 aliphatic rings. The molecular weight excluding hydrogens is 627 g/mol. The average Bonchev–Trinajstić information content (AvgIpc) is 3.44. The van der Waals surface area contributed by atoms with E-state index in [1.54, 1.807) is 0 Å². The Balaban J connectivity index is 1.22. The quantitative estimate of drug-likeness (QED) is 0.166. The molecule has 0 amide bonds. The second kappa shape index (κ2) is 11.8. The second-order valence-electron chi connectivity index (χ2n) is 14.5. The highest BCUT2D eigenvalue weighted by molar-refractivity contribution is 6.23. The first-order valence-corrected chi connectivity index (χ1v) is 18.2. The monoisotopic (exact) mass is 663 g/mol. The number of benzene rings is 9. The highest BCUT2D eigenvalue weighted by Crippen LogP contribution is 2.55. The van der Waals surface area contributed by atoms with E-state index < -0.39 is 0 Å². The van der Waals surface area contributed by atoms with Gasteiger partial charge in [-0.05, 0) is 96.0 Å². The minimum atomic E-state index is -0.101. The average molecular weight is 664 g/mol. The molecule has 0 spiro atoms. The summed E-state index contributed by atoms with van der Waals surface area (Å²) in [7, 11) is 0. The van der Waals surface area contributed by atoms with E-state index >= 15 is 0 Å². The maximum atomic E-state index is 2.48. The molecule has 0 saturated heterocycles. The molecule has 0 heterocycles. The van der Waals surface area contributed by atoms with E-state index in [9.17, 15) is 0 Å². The topological polar surface area (TPSA) is 3.24 Å². The fourth-order valence-electron chi connectivity index (χ4n) is 8.76. The van der Waals surface area contributed by atoms with Gasteiger partial charge in [0.15, 0.2) is 0 Å². The number of para-hydroxylation sites is 1. The fraction of sp³-hybridized carbons (Fsp3) is 0.0588. The van der Waals surface area contributed by atoms with Crippen LogP contribution in [-0.4, -0.2) is 0 Å². The molecule has 0 aliphatic heterocycles. The first-order chi connectivity index (χ1) is 25.6. The third kappa shape index (κ3) is 4.63. The van der Waals surface area contributed by atoms with Gasteiger partial charge < -0.3 is 4.90 Å². The van der Waals surface area contributed by atoms with Gasteiger partial charge in [-0.2, -0.15) is 0 Å². The molecule has 1 heteroatoms. The molecule has 0 bridgehead atoms. The van der Waals surface area contributed by atoms with Gasteiger partial charge in [-0.3, -0.25) is 0 Å². The molecule has 0 aromatic heterocycles. The van der Waals surface area contributed by atoms with Crippen molar-refractivity contribution in [3.63, 3.8) is 0 Å². The van der Waals surface area contributed by atoms with Crippen LogP contribution in [0.1, 0.15) is 25.0 Å². The van der Waals surface area contributed by atoms with Gasteiger partial charge in [-0.1, -0.05) is 172 Å². The van der Waals surface area contributed by atoms with Crippen LogP contribution in [0.25, 0.3) is 65.7 Å². The Labute approximate surface area is 305 Å². The molecular formula is C51H37N. The van der Waals surface area contributed by atoms with E-state index in [1.165, 1.54) is 82.5 Å². The minimum Gasteiger partial charge on any atom is -0.309 e. The molecule has 0 saturated carbocycles. The Morgan fingerprint density at radius 2 is 1.00 bits per heavy atom. The Bertz CT molecular complexity index is 2810. The molecule has 0 N–H and O–H groups in total. The maximum absolute atomic E-state index is 2.48. The molecule has 10 rings (SSSR count). The van der Waals surface area contributed by atoms with Gasteiger partial charge in [0, 0.05) is 22.2 Å². The minimum absolute atomic E-state index is 0.101. The molecule has 9 aromatic rings. The number of hydrogen-bond donors (Lipinski definition) is 0. The molecule has 1 nitrogen and oxygen atoms in total. The van der Waals surface area contributed by atoms with Gasteiger partial charge in [-0.25, -0.2) is 0 Å². The van der Waals surface area contributed by atoms with Crippen molar-refractivity contribution in [2.24, 2.45) is 0 Å². The van der Waals surface area contributed by atoms with Crippen molar-refractivity contribution in [3.8, 4) is 33.4 Å². The lowest BCUT2D eigenvalue weighted by molar-refractivity contribution is 0.660. The van der Waals surface area contributed by atoms with Crippen molar-refractivity contribution in [2.45, 2.75) is 19.3 Å². The summed E-state index contributed by atoms with van der Waals surface area (Å²) in [6, 6.07) is 69.1. The van der Waals surface area contributed by atoms with Gasteiger partial charge in [0.1, 0.15) is 0 Å². The molecule has 9 aromatic carbocycles. The van der Waals surface area contributed by atoms with E-state index in [-0.39, 0.29) is 5.41 Å². The normalized spacial score (nSPS) is 13.0. The van der Waals surface area contributed by atoms with Crippen LogP contribution in [0.2, 0.25) is 0 Å². The molecule has 0 fully saturated rings. The van der Waals surface area contributed by atoms with Crippen molar-refractivity contribution < 1.29 is 0 Å². The first kappa shape index (κ1) is 30.4. The Morgan fingerprint density at radius 3 is 1.83 bits per heavy atom. The van der Waals surface area contributed by atoms with Crippen molar-refractivity contribution >= 4 is 49.4 Å². The summed E-state index contributed by atoms with van der Waals surface area (Å²) < 4.78 is 0. The van der Waals surface area contributed by atoms with Crippen LogP contribution in [0.4, 0.5) is 17.1 Å². The fourth-order valence-corrected chi connectivity index (χ4v) is 8.76. The summed E-state index contributed by atoms with van der Waals surface area (Å²) >= 11 is 0. The lowest BCUT2D eigenvalue weighted by atomic mass is 9.82. The van der Waals surface area contributed by atoms with Crippen LogP contribution in [0.3, 0.4) is 0 Å². The summed E-state index contributed by atoms with van der Waals surface area (Å²) in [5.74, 6) is 0. The zero-order valence-electron chi connectivity index (χ0n) is 29.3. The van der Waals surface area contributed by atoms with Crippen molar-refractivity contribution in [3.05, 3.63) is 199 Å². The second-order valence-corrected chi connectivity index (χ2v) is 14.5. The molecule has 52 heavy (non-hydrogen) atoms. The van der Waals surface area contributed by atoms with Crippen LogP contribution >= 0.6 is 0 Å². The molecule has 1 aliphatic carbocycles. The van der Waals surface area contributed by atoms with E-state index in [0.717, 1.165) is 11.4 Å². The van der Waals surface area contributed by atoms with Crippen LogP contribution in [0.15, 0.2) is 188 Å². The Kier molecular flexibility index (Phi) is 6.91. The van der Waals surface area contributed by atoms with Gasteiger partial charge >= 0.3 is 0 Å². The van der Waals surface area contributed by atoms with Crippen molar-refractivity contribution in [1.82, 2.24) is 0 Å². The zero-order chi connectivity index (χ0) is 34.8. The lowest BCUT2D eigenvalue weighted by Gasteiger charge is -2.30. The smallest absolute Gasteiger partial charge is 0.0543 e. The standard InChI is InChI=1S/C51H37N/c1-51(2)45-23-12-10-22-43(45)50-46(51)24-14-26-48(50)52(47-25-13-11-20-40(47)34-15-4-3-5-16-34)38-30-27-36(28-31-38)44-33-37-18-7-8-19-39(37)42-32-29-35-17-6-9-21-41(35)49(42)44/h3-33H,1-2H3. The van der Waals surface area contributed by atoms with Crippen LogP contribution < -0.4 is 4.90 Å². The van der Waals surface area contributed by atoms with Gasteiger partial charge in [0.25, 0.3) is 0 Å². The van der Waals surface area contributed by atoms with Gasteiger partial charge in [0.2, 0.25) is 0 Å². The third-order valence-electron chi connectivity index (χ3n) is 11.2.